The molecule has 0 bridgehead atoms. The van der Waals surface area contributed by atoms with Gasteiger partial charge < -0.3 is 10.2 Å². The van der Waals surface area contributed by atoms with Gasteiger partial charge in [-0.2, -0.15) is 0 Å². The molecule has 0 unspecified atom stereocenters. The fourth-order valence-corrected chi connectivity index (χ4v) is 4.16. The number of amides is 1. The molecule has 4 rings (SSSR count). The Labute approximate surface area is 193 Å². The van der Waals surface area contributed by atoms with Crippen molar-refractivity contribution in [3.63, 3.8) is 0 Å². The van der Waals surface area contributed by atoms with Gasteiger partial charge in [-0.1, -0.05) is 60.7 Å². The number of nitrogens with one attached hydrogen (secondary N) is 1. The van der Waals surface area contributed by atoms with Gasteiger partial charge in [0.15, 0.2) is 0 Å². The molecule has 1 amide bonds. The number of benzene rings is 2. The number of anilines is 1. The van der Waals surface area contributed by atoms with Crippen LogP contribution in [0.3, 0.4) is 0 Å². The number of carbonyl (C=O) groups is 1. The van der Waals surface area contributed by atoms with E-state index in [9.17, 15) is 14.9 Å². The van der Waals surface area contributed by atoms with Crippen molar-refractivity contribution >= 4 is 17.4 Å². The second-order valence-corrected chi connectivity index (χ2v) is 8.06. The Morgan fingerprint density at radius 3 is 2.06 bits per heavy atom. The maximum Gasteiger partial charge on any atom is 0.287 e. The highest BCUT2D eigenvalue weighted by molar-refractivity contribution is 5.89. The molecule has 2 aromatic carbocycles. The lowest BCUT2D eigenvalue weighted by atomic mass is 9.96. The van der Waals surface area contributed by atoms with E-state index in [2.05, 4.69) is 68.6 Å². The molecule has 0 saturated carbocycles. The van der Waals surface area contributed by atoms with E-state index in [1.54, 1.807) is 0 Å². The van der Waals surface area contributed by atoms with Gasteiger partial charge in [0.05, 0.1) is 11.0 Å². The molecule has 1 aliphatic rings. The highest BCUT2D eigenvalue weighted by Crippen LogP contribution is 2.29. The highest BCUT2D eigenvalue weighted by Gasteiger charge is 2.26. The van der Waals surface area contributed by atoms with Crippen LogP contribution in [0.5, 0.6) is 0 Å². The maximum atomic E-state index is 12.3. The predicted octanol–water partition coefficient (Wildman–Crippen LogP) is 3.73. The van der Waals surface area contributed by atoms with Gasteiger partial charge >= 0.3 is 0 Å². The number of hydrogen-bond donors (Lipinski definition) is 1. The average molecular weight is 446 g/mol. The van der Waals surface area contributed by atoms with Crippen LogP contribution in [0.2, 0.25) is 0 Å². The van der Waals surface area contributed by atoms with Crippen molar-refractivity contribution < 1.29 is 9.72 Å². The SMILES string of the molecule is O=C(CCN1CCN(C(c2ccccc2)c2ccccc2)CC1)Nc1ccc([N+](=O)[O-])cn1. The Morgan fingerprint density at radius 1 is 0.939 bits per heavy atom. The summed E-state index contributed by atoms with van der Waals surface area (Å²) in [4.78, 5) is 31.2. The topological polar surface area (TPSA) is 91.6 Å². The van der Waals surface area contributed by atoms with E-state index in [-0.39, 0.29) is 17.6 Å². The first-order valence-corrected chi connectivity index (χ1v) is 11.1. The molecular weight excluding hydrogens is 418 g/mol. The maximum absolute atomic E-state index is 12.3. The molecule has 1 N–H and O–H groups in total. The number of nitro groups is 1. The zero-order valence-corrected chi connectivity index (χ0v) is 18.3. The molecule has 8 heteroatoms. The fourth-order valence-electron chi connectivity index (χ4n) is 4.16. The third-order valence-electron chi connectivity index (χ3n) is 5.88. The summed E-state index contributed by atoms with van der Waals surface area (Å²) >= 11 is 0. The van der Waals surface area contributed by atoms with E-state index in [0.29, 0.717) is 18.8 Å². The molecule has 1 aromatic heterocycles. The van der Waals surface area contributed by atoms with Crippen LogP contribution in [0, 0.1) is 10.1 Å². The molecule has 170 valence electrons. The molecular formula is C25H27N5O3. The standard InChI is InChI=1S/C25H27N5O3/c31-24(27-23-12-11-22(19-26-23)30(32)33)13-14-28-15-17-29(18-16-28)25(20-7-3-1-4-8-20)21-9-5-2-6-10-21/h1-12,19,25H,13-18H2,(H,26,27,31). The summed E-state index contributed by atoms with van der Waals surface area (Å²) in [5.74, 6) is 0.175. The lowest BCUT2D eigenvalue weighted by molar-refractivity contribution is -0.385. The molecule has 0 radical (unpaired) electrons. The van der Waals surface area contributed by atoms with Gasteiger partial charge in [-0.25, -0.2) is 4.98 Å². The van der Waals surface area contributed by atoms with E-state index < -0.39 is 4.92 Å². The second-order valence-electron chi connectivity index (χ2n) is 8.06. The molecule has 2 heterocycles. The highest BCUT2D eigenvalue weighted by atomic mass is 16.6. The van der Waals surface area contributed by atoms with Crippen LogP contribution in [0.4, 0.5) is 11.5 Å². The molecule has 0 spiro atoms. The van der Waals surface area contributed by atoms with Crippen LogP contribution < -0.4 is 5.32 Å². The molecule has 0 aliphatic carbocycles. The Morgan fingerprint density at radius 2 is 1.55 bits per heavy atom. The zero-order chi connectivity index (χ0) is 23.0. The lowest BCUT2D eigenvalue weighted by Crippen LogP contribution is -2.48. The number of pyridine rings is 1. The first kappa shape index (κ1) is 22.6. The second kappa shape index (κ2) is 10.8. The van der Waals surface area contributed by atoms with E-state index in [1.807, 2.05) is 12.1 Å². The normalized spacial score (nSPS) is 14.8. The monoisotopic (exact) mass is 445 g/mol. The number of nitrogens with zero attached hydrogens (tertiary/aromatic N) is 4. The zero-order valence-electron chi connectivity index (χ0n) is 18.3. The van der Waals surface area contributed by atoms with E-state index in [1.165, 1.54) is 23.3 Å². The van der Waals surface area contributed by atoms with E-state index in [4.69, 9.17) is 0 Å². The minimum atomic E-state index is -0.515. The van der Waals surface area contributed by atoms with Gasteiger partial charge in [-0.05, 0) is 17.2 Å². The number of rotatable bonds is 8. The molecule has 1 fully saturated rings. The van der Waals surface area contributed by atoms with E-state index in [0.717, 1.165) is 32.4 Å². The molecule has 1 aliphatic heterocycles. The van der Waals surface area contributed by atoms with Crippen molar-refractivity contribution in [1.29, 1.82) is 0 Å². The van der Waals surface area contributed by atoms with Crippen molar-refractivity contribution in [3.8, 4) is 0 Å². The van der Waals surface area contributed by atoms with Crippen LogP contribution in [0.25, 0.3) is 0 Å². The Hall–Kier alpha value is -3.62. The average Bonchev–Trinajstić information content (AvgIpc) is 2.85. The molecule has 3 aromatic rings. The van der Waals surface area contributed by atoms with E-state index >= 15 is 0 Å². The Balaban J connectivity index is 1.29. The minimum Gasteiger partial charge on any atom is -0.311 e. The number of hydrogen-bond acceptors (Lipinski definition) is 6. The van der Waals surface area contributed by atoms with Crippen molar-refractivity contribution in [2.45, 2.75) is 12.5 Å². The lowest BCUT2D eigenvalue weighted by Gasteiger charge is -2.39. The molecule has 1 saturated heterocycles. The summed E-state index contributed by atoms with van der Waals surface area (Å²) in [6.45, 7) is 4.27. The largest absolute Gasteiger partial charge is 0.311 e. The van der Waals surface area contributed by atoms with Gasteiger partial charge in [0.2, 0.25) is 5.91 Å². The van der Waals surface area contributed by atoms with Crippen LogP contribution in [0.15, 0.2) is 79.0 Å². The summed E-state index contributed by atoms with van der Waals surface area (Å²) in [6.07, 6.45) is 1.49. The molecule has 8 nitrogen and oxygen atoms in total. The summed E-state index contributed by atoms with van der Waals surface area (Å²) in [5.41, 5.74) is 2.47. The summed E-state index contributed by atoms with van der Waals surface area (Å²) in [5, 5.41) is 13.4. The van der Waals surface area contributed by atoms with Crippen LogP contribution in [-0.2, 0) is 4.79 Å². The summed E-state index contributed by atoms with van der Waals surface area (Å²) in [7, 11) is 0. The molecule has 0 atom stereocenters. The first-order chi connectivity index (χ1) is 16.1. The quantitative estimate of drug-likeness (QED) is 0.420. The van der Waals surface area contributed by atoms with Crippen molar-refractivity contribution in [2.75, 3.05) is 38.0 Å². The van der Waals surface area contributed by atoms with Crippen molar-refractivity contribution in [2.24, 2.45) is 0 Å². The number of carbonyl (C=O) groups excluding carboxylic acids is 1. The third-order valence-corrected chi connectivity index (χ3v) is 5.88. The van der Waals surface area contributed by atoms with Gasteiger partial charge in [-0.15, -0.1) is 0 Å². The summed E-state index contributed by atoms with van der Waals surface area (Å²) in [6, 6.07) is 24.1. The molecule has 33 heavy (non-hydrogen) atoms. The van der Waals surface area contributed by atoms with Gasteiger partial charge in [0, 0.05) is 45.2 Å². The Kier molecular flexibility index (Phi) is 7.39. The van der Waals surface area contributed by atoms with Crippen molar-refractivity contribution in [3.05, 3.63) is 100 Å². The van der Waals surface area contributed by atoms with Crippen LogP contribution in [-0.4, -0.2) is 58.3 Å². The number of aromatic nitrogens is 1. The van der Waals surface area contributed by atoms with Crippen LogP contribution >= 0.6 is 0 Å². The minimum absolute atomic E-state index is 0.102. The van der Waals surface area contributed by atoms with Gasteiger partial charge in [0.1, 0.15) is 12.0 Å². The third kappa shape index (κ3) is 6.00. The van der Waals surface area contributed by atoms with Crippen molar-refractivity contribution in [1.82, 2.24) is 14.8 Å². The van der Waals surface area contributed by atoms with Gasteiger partial charge in [-0.3, -0.25) is 19.8 Å². The van der Waals surface area contributed by atoms with Gasteiger partial charge in [0.25, 0.3) is 5.69 Å². The summed E-state index contributed by atoms with van der Waals surface area (Å²) < 4.78 is 0. The number of piperazine rings is 1. The van der Waals surface area contributed by atoms with Crippen LogP contribution in [0.1, 0.15) is 23.6 Å². The Bertz CT molecular complexity index is 1010. The fraction of sp³-hybridized carbons (Fsp3) is 0.280. The smallest absolute Gasteiger partial charge is 0.287 e. The first-order valence-electron chi connectivity index (χ1n) is 11.1. The predicted molar refractivity (Wildman–Crippen MR) is 127 cm³/mol.